The van der Waals surface area contributed by atoms with Crippen molar-refractivity contribution in [1.82, 2.24) is 5.10 Å². The molecule has 5 nitrogen and oxygen atoms in total. The van der Waals surface area contributed by atoms with E-state index in [1.807, 2.05) is 0 Å². The largest absolute Gasteiger partial charge is 1.00 e. The molecule has 7 heteroatoms. The number of anilines is 1. The molecular formula is C4H7BrN4OS. The molecule has 0 fully saturated rings. The highest BCUT2D eigenvalue weighted by atomic mass is 79.9. The van der Waals surface area contributed by atoms with Crippen LogP contribution in [0.15, 0.2) is 5.51 Å². The minimum Gasteiger partial charge on any atom is -1.00 e. The van der Waals surface area contributed by atoms with Gasteiger partial charge in [0.05, 0.1) is 0 Å². The molecule has 0 atom stereocenters. The fourth-order valence-electron chi connectivity index (χ4n) is 0.521. The molecule has 0 unspecified atom stereocenters. The minimum absolute atomic E-state index is 0. The number of aromatic nitrogens is 2. The van der Waals surface area contributed by atoms with Crippen LogP contribution in [0.1, 0.15) is 0 Å². The first kappa shape index (κ1) is 10.3. The number of rotatable bonds is 2. The normalized spacial score (nSPS) is 8.73. The van der Waals surface area contributed by atoms with Crippen LogP contribution in [0.25, 0.3) is 0 Å². The van der Waals surface area contributed by atoms with Gasteiger partial charge >= 0.3 is 0 Å². The van der Waals surface area contributed by atoms with Crippen molar-refractivity contribution >= 4 is 22.4 Å². The van der Waals surface area contributed by atoms with Crippen molar-refractivity contribution in [2.45, 2.75) is 6.54 Å². The van der Waals surface area contributed by atoms with Gasteiger partial charge in [0.15, 0.2) is 0 Å². The van der Waals surface area contributed by atoms with Crippen molar-refractivity contribution in [1.29, 1.82) is 0 Å². The number of amides is 1. The molecule has 0 radical (unpaired) electrons. The third-order valence-corrected chi connectivity index (χ3v) is 1.51. The first-order valence-corrected chi connectivity index (χ1v) is 3.45. The maximum absolute atomic E-state index is 10.3. The highest BCUT2D eigenvalue weighted by Gasteiger charge is 2.08. The lowest BCUT2D eigenvalue weighted by atomic mass is 10.6. The van der Waals surface area contributed by atoms with E-state index in [0.717, 1.165) is 0 Å². The van der Waals surface area contributed by atoms with Gasteiger partial charge in [0, 0.05) is 5.10 Å². The standard InChI is InChI=1S/C4H6N4OS.BrH/c5-3(9)1-8-2-10-4(6)7-8;/h2H,1H2,(H3-,5,6,7,9);1H. The molecule has 0 aliphatic rings. The van der Waals surface area contributed by atoms with Crippen LogP contribution in [0, 0.1) is 0 Å². The van der Waals surface area contributed by atoms with E-state index in [-0.39, 0.29) is 23.5 Å². The third-order valence-electron chi connectivity index (χ3n) is 0.840. The summed E-state index contributed by atoms with van der Waals surface area (Å²) < 4.78 is 1.41. The quantitative estimate of drug-likeness (QED) is 0.510. The lowest BCUT2D eigenvalue weighted by Gasteiger charge is -1.80. The van der Waals surface area contributed by atoms with Gasteiger partial charge in [0.2, 0.25) is 0 Å². The summed E-state index contributed by atoms with van der Waals surface area (Å²) in [7, 11) is 0. The second kappa shape index (κ2) is 4.24. The van der Waals surface area contributed by atoms with E-state index in [9.17, 15) is 4.79 Å². The predicted molar refractivity (Wildman–Crippen MR) is 35.9 cm³/mol. The highest BCUT2D eigenvalue weighted by Crippen LogP contribution is 1.98. The topological polar surface area (TPSA) is 85.9 Å². The molecule has 1 amide bonds. The van der Waals surface area contributed by atoms with Crippen LogP contribution in [-0.2, 0) is 11.3 Å². The number of carbonyl (C=O) groups excluding carboxylic acids is 1. The van der Waals surface area contributed by atoms with Crippen LogP contribution >= 0.6 is 11.3 Å². The van der Waals surface area contributed by atoms with Gasteiger partial charge in [-0.15, -0.1) is 0 Å². The monoisotopic (exact) mass is 238 g/mol. The van der Waals surface area contributed by atoms with Gasteiger partial charge in [-0.25, -0.2) is 0 Å². The summed E-state index contributed by atoms with van der Waals surface area (Å²) in [6.07, 6.45) is 0. The Labute approximate surface area is 77.8 Å². The fourth-order valence-corrected chi connectivity index (χ4v) is 1.02. The van der Waals surface area contributed by atoms with Crippen molar-refractivity contribution < 1.29 is 26.5 Å². The van der Waals surface area contributed by atoms with Crippen molar-refractivity contribution in [3.63, 3.8) is 0 Å². The van der Waals surface area contributed by atoms with Gasteiger partial charge < -0.3 is 28.4 Å². The molecule has 0 bridgehead atoms. The number of hydrogen-bond donors (Lipinski definition) is 2. The Morgan fingerprint density at radius 1 is 1.82 bits per heavy atom. The van der Waals surface area contributed by atoms with Gasteiger partial charge in [-0.2, -0.15) is 0 Å². The second-order valence-corrected chi connectivity index (χ2v) is 2.59. The molecule has 62 valence electrons. The van der Waals surface area contributed by atoms with Gasteiger partial charge in [0.25, 0.3) is 23.1 Å². The molecule has 0 saturated carbocycles. The Kier molecular flexibility index (Phi) is 3.98. The Morgan fingerprint density at radius 3 is 2.82 bits per heavy atom. The number of primary amides is 1. The maximum atomic E-state index is 10.3. The van der Waals surface area contributed by atoms with E-state index in [2.05, 4.69) is 5.10 Å². The van der Waals surface area contributed by atoms with Crippen LogP contribution in [0.2, 0.25) is 0 Å². The molecule has 0 spiro atoms. The number of nitrogens with zero attached hydrogens (tertiary/aromatic N) is 2. The van der Waals surface area contributed by atoms with E-state index in [1.54, 1.807) is 5.51 Å². The summed E-state index contributed by atoms with van der Waals surface area (Å²) in [5.41, 5.74) is 11.8. The zero-order valence-corrected chi connectivity index (χ0v) is 7.93. The number of carbonyl (C=O) groups is 1. The number of hydrogen-bond acceptors (Lipinski definition) is 4. The lowest BCUT2D eigenvalue weighted by Crippen LogP contribution is -3.00. The van der Waals surface area contributed by atoms with E-state index in [0.29, 0.717) is 5.13 Å². The van der Waals surface area contributed by atoms with Crippen LogP contribution in [-0.4, -0.2) is 11.0 Å². The van der Waals surface area contributed by atoms with Crippen molar-refractivity contribution in [2.75, 3.05) is 5.73 Å². The first-order chi connectivity index (χ1) is 4.68. The molecule has 0 aliphatic carbocycles. The Morgan fingerprint density at radius 2 is 2.45 bits per heavy atom. The Balaban J connectivity index is 0.000001000. The summed E-state index contributed by atoms with van der Waals surface area (Å²) in [6, 6.07) is 0. The predicted octanol–water partition coefficient (Wildman–Crippen LogP) is -4.50. The van der Waals surface area contributed by atoms with E-state index < -0.39 is 5.91 Å². The van der Waals surface area contributed by atoms with Crippen LogP contribution in [0.3, 0.4) is 0 Å². The molecule has 1 aromatic heterocycles. The van der Waals surface area contributed by atoms with Crippen LogP contribution in [0.4, 0.5) is 5.13 Å². The molecular weight excluding hydrogens is 232 g/mol. The summed E-state index contributed by atoms with van der Waals surface area (Å²) in [4.78, 5) is 10.3. The molecule has 0 aromatic carbocycles. The first-order valence-electron chi connectivity index (χ1n) is 2.57. The van der Waals surface area contributed by atoms with E-state index >= 15 is 0 Å². The number of nitrogens with two attached hydrogens (primary N) is 2. The molecule has 0 saturated heterocycles. The summed E-state index contributed by atoms with van der Waals surface area (Å²) in [5, 5.41) is 4.19. The van der Waals surface area contributed by atoms with Crippen molar-refractivity contribution in [3.05, 3.63) is 5.51 Å². The van der Waals surface area contributed by atoms with Gasteiger partial charge in [0.1, 0.15) is 0 Å². The van der Waals surface area contributed by atoms with Crippen molar-refractivity contribution in [2.24, 2.45) is 5.73 Å². The minimum atomic E-state index is -0.421. The Hall–Kier alpha value is -0.690. The number of nitrogen functional groups attached to an aromatic ring is 1. The smallest absolute Gasteiger partial charge is 0.285 e. The molecule has 1 heterocycles. The molecule has 0 aliphatic heterocycles. The summed E-state index contributed by atoms with van der Waals surface area (Å²) >= 11 is 1.27. The maximum Gasteiger partial charge on any atom is 0.285 e. The molecule has 11 heavy (non-hydrogen) atoms. The van der Waals surface area contributed by atoms with E-state index in [1.165, 1.54) is 16.0 Å². The highest BCUT2D eigenvalue weighted by molar-refractivity contribution is 7.12. The third kappa shape index (κ3) is 3.28. The zero-order chi connectivity index (χ0) is 7.56. The average Bonchev–Trinajstić information content (AvgIpc) is 2.13. The molecule has 4 N–H and O–H groups in total. The summed E-state index contributed by atoms with van der Waals surface area (Å²) in [5.74, 6) is -0.421. The van der Waals surface area contributed by atoms with Crippen LogP contribution < -0.4 is 33.1 Å². The van der Waals surface area contributed by atoms with E-state index in [4.69, 9.17) is 11.5 Å². The van der Waals surface area contributed by atoms with Gasteiger partial charge in [-0.1, -0.05) is 4.68 Å². The Bertz CT molecular complexity index is 250. The SMILES string of the molecule is NC(=O)C[n+]1csc(N)n1.[Br-]. The fraction of sp³-hybridized carbons (Fsp3) is 0.250. The van der Waals surface area contributed by atoms with Gasteiger partial charge in [-0.3, -0.25) is 4.79 Å². The molecule has 1 rings (SSSR count). The van der Waals surface area contributed by atoms with Gasteiger partial charge in [-0.05, 0) is 11.3 Å². The average molecular weight is 239 g/mol. The second-order valence-electron chi connectivity index (χ2n) is 1.73. The zero-order valence-electron chi connectivity index (χ0n) is 5.53. The van der Waals surface area contributed by atoms with Crippen LogP contribution in [0.5, 0.6) is 0 Å². The summed E-state index contributed by atoms with van der Waals surface area (Å²) in [6.45, 7) is 0.0910. The number of halogens is 1. The lowest BCUT2D eigenvalue weighted by molar-refractivity contribution is -0.736. The van der Waals surface area contributed by atoms with Crippen molar-refractivity contribution in [3.8, 4) is 0 Å². The molecule has 1 aromatic rings.